The van der Waals surface area contributed by atoms with E-state index in [4.69, 9.17) is 5.73 Å². The Kier molecular flexibility index (Phi) is 3.37. The fraction of sp³-hybridized carbons (Fsp3) is 0. The van der Waals surface area contributed by atoms with Gasteiger partial charge in [0.25, 0.3) is 5.91 Å². The van der Waals surface area contributed by atoms with E-state index in [2.05, 4.69) is 4.98 Å². The minimum atomic E-state index is -1.21. The third kappa shape index (κ3) is 2.65. The summed E-state index contributed by atoms with van der Waals surface area (Å²) < 4.78 is 39.4. The van der Waals surface area contributed by atoms with E-state index in [0.29, 0.717) is 12.1 Å². The van der Waals surface area contributed by atoms with Crippen molar-refractivity contribution >= 4 is 17.4 Å². The van der Waals surface area contributed by atoms with Crippen LogP contribution in [-0.4, -0.2) is 10.9 Å². The van der Waals surface area contributed by atoms with E-state index in [0.717, 1.165) is 0 Å². The van der Waals surface area contributed by atoms with Crippen LogP contribution in [0.3, 0.4) is 0 Å². The molecule has 0 radical (unpaired) electrons. The van der Waals surface area contributed by atoms with Crippen molar-refractivity contribution in [1.29, 1.82) is 0 Å². The number of pyridine rings is 1. The molecule has 98 valence electrons. The van der Waals surface area contributed by atoms with E-state index >= 15 is 0 Å². The second-order valence-corrected chi connectivity index (χ2v) is 3.63. The van der Waals surface area contributed by atoms with Gasteiger partial charge in [-0.1, -0.05) is 0 Å². The molecule has 1 heterocycles. The molecule has 0 spiro atoms. The smallest absolute Gasteiger partial charge is 0.259 e. The van der Waals surface area contributed by atoms with Crippen LogP contribution in [0.4, 0.5) is 24.7 Å². The average Bonchev–Trinajstić information content (AvgIpc) is 2.34. The molecule has 3 N–H and O–H groups in total. The van der Waals surface area contributed by atoms with Crippen LogP contribution in [0.2, 0.25) is 0 Å². The first-order valence-corrected chi connectivity index (χ1v) is 5.15. The Morgan fingerprint density at radius 2 is 1.84 bits per heavy atom. The highest BCUT2D eigenvalue weighted by molar-refractivity contribution is 6.07. The largest absolute Gasteiger partial charge is 0.383 e. The van der Waals surface area contributed by atoms with Crippen LogP contribution in [0.1, 0.15) is 10.4 Å². The molecule has 1 amide bonds. The summed E-state index contributed by atoms with van der Waals surface area (Å²) in [6.45, 7) is 0. The van der Waals surface area contributed by atoms with Gasteiger partial charge in [0.15, 0.2) is 11.6 Å². The van der Waals surface area contributed by atoms with Gasteiger partial charge in [-0.2, -0.15) is 0 Å². The number of nitrogens with two attached hydrogens (primary N) is 1. The van der Waals surface area contributed by atoms with Gasteiger partial charge in [-0.15, -0.1) is 0 Å². The van der Waals surface area contributed by atoms with Gasteiger partial charge in [-0.05, 0) is 12.1 Å². The number of rotatable bonds is 2. The van der Waals surface area contributed by atoms with Crippen LogP contribution in [0.5, 0.6) is 0 Å². The van der Waals surface area contributed by atoms with Crippen LogP contribution < -0.4 is 11.1 Å². The molecule has 0 atom stereocenters. The molecule has 0 bridgehead atoms. The number of aromatic nitrogens is 1. The first-order chi connectivity index (χ1) is 8.99. The van der Waals surface area contributed by atoms with Gasteiger partial charge >= 0.3 is 0 Å². The molecule has 1 aromatic carbocycles. The van der Waals surface area contributed by atoms with E-state index in [-0.39, 0.29) is 11.4 Å². The number of hydrogen-bond donors (Lipinski definition) is 2. The Balaban J connectivity index is 2.32. The van der Waals surface area contributed by atoms with Crippen LogP contribution in [0, 0.1) is 17.5 Å². The van der Waals surface area contributed by atoms with Crippen LogP contribution in [0.25, 0.3) is 0 Å². The van der Waals surface area contributed by atoms with Crippen molar-refractivity contribution in [2.45, 2.75) is 0 Å². The summed E-state index contributed by atoms with van der Waals surface area (Å²) in [5.41, 5.74) is 4.68. The van der Waals surface area contributed by atoms with Crippen LogP contribution >= 0.6 is 0 Å². The van der Waals surface area contributed by atoms with Gasteiger partial charge in [0.2, 0.25) is 0 Å². The third-order valence-corrected chi connectivity index (χ3v) is 2.33. The number of nitrogen functional groups attached to an aromatic ring is 1. The predicted molar refractivity (Wildman–Crippen MR) is 62.9 cm³/mol. The molecule has 1 aromatic heterocycles. The van der Waals surface area contributed by atoms with Crippen LogP contribution in [-0.2, 0) is 0 Å². The first-order valence-electron chi connectivity index (χ1n) is 5.15. The molecule has 4 nitrogen and oxygen atoms in total. The maximum Gasteiger partial charge on any atom is 0.259 e. The second kappa shape index (κ2) is 4.97. The minimum Gasteiger partial charge on any atom is -0.383 e. The lowest BCUT2D eigenvalue weighted by molar-refractivity contribution is 0.102. The highest BCUT2D eigenvalue weighted by Crippen LogP contribution is 2.21. The summed E-state index contributed by atoms with van der Waals surface area (Å²) in [7, 11) is 0. The summed E-state index contributed by atoms with van der Waals surface area (Å²) in [5, 5.41) is 1.99. The number of halogens is 3. The lowest BCUT2D eigenvalue weighted by Crippen LogP contribution is -2.16. The zero-order valence-corrected chi connectivity index (χ0v) is 9.45. The molecule has 0 fully saturated rings. The SMILES string of the molecule is Nc1ncccc1C(=O)Nc1c(F)cc(F)cc1F. The van der Waals surface area contributed by atoms with Crippen molar-refractivity contribution in [3.05, 3.63) is 53.5 Å². The highest BCUT2D eigenvalue weighted by atomic mass is 19.1. The third-order valence-electron chi connectivity index (χ3n) is 2.33. The van der Waals surface area contributed by atoms with Crippen molar-refractivity contribution in [3.8, 4) is 0 Å². The van der Waals surface area contributed by atoms with Crippen molar-refractivity contribution < 1.29 is 18.0 Å². The maximum absolute atomic E-state index is 13.3. The lowest BCUT2D eigenvalue weighted by Gasteiger charge is -2.08. The van der Waals surface area contributed by atoms with Crippen molar-refractivity contribution in [2.24, 2.45) is 0 Å². The summed E-state index contributed by atoms with van der Waals surface area (Å²) >= 11 is 0. The fourth-order valence-corrected chi connectivity index (χ4v) is 1.45. The maximum atomic E-state index is 13.3. The Labute approximate surface area is 106 Å². The fourth-order valence-electron chi connectivity index (χ4n) is 1.45. The Hall–Kier alpha value is -2.57. The van der Waals surface area contributed by atoms with Gasteiger partial charge in [-0.25, -0.2) is 18.2 Å². The Morgan fingerprint density at radius 1 is 1.21 bits per heavy atom. The molecular formula is C12H8F3N3O. The predicted octanol–water partition coefficient (Wildman–Crippen LogP) is 2.33. The molecular weight excluding hydrogens is 259 g/mol. The number of benzene rings is 1. The van der Waals surface area contributed by atoms with Gasteiger partial charge in [-0.3, -0.25) is 4.79 Å². The lowest BCUT2D eigenvalue weighted by atomic mass is 10.2. The van der Waals surface area contributed by atoms with Crippen molar-refractivity contribution in [2.75, 3.05) is 11.1 Å². The quantitative estimate of drug-likeness (QED) is 0.877. The topological polar surface area (TPSA) is 68.0 Å². The second-order valence-electron chi connectivity index (χ2n) is 3.63. The van der Waals surface area contributed by atoms with Crippen molar-refractivity contribution in [3.63, 3.8) is 0 Å². The number of hydrogen-bond acceptors (Lipinski definition) is 3. The molecule has 0 unspecified atom stereocenters. The molecule has 0 aliphatic heterocycles. The highest BCUT2D eigenvalue weighted by Gasteiger charge is 2.17. The molecule has 0 aliphatic rings. The van der Waals surface area contributed by atoms with Gasteiger partial charge < -0.3 is 11.1 Å². The number of anilines is 2. The number of nitrogens with one attached hydrogen (secondary N) is 1. The molecule has 0 aliphatic carbocycles. The summed E-state index contributed by atoms with van der Waals surface area (Å²) in [6.07, 6.45) is 1.37. The minimum absolute atomic E-state index is 0.0365. The number of carbonyl (C=O) groups is 1. The normalized spacial score (nSPS) is 10.3. The Morgan fingerprint density at radius 3 is 2.42 bits per heavy atom. The summed E-state index contributed by atoms with van der Waals surface area (Å²) in [5.74, 6) is -4.42. The van der Waals surface area contributed by atoms with Crippen LogP contribution in [0.15, 0.2) is 30.5 Å². The van der Waals surface area contributed by atoms with Gasteiger partial charge in [0, 0.05) is 18.3 Å². The van der Waals surface area contributed by atoms with Crippen molar-refractivity contribution in [1.82, 2.24) is 4.98 Å². The molecule has 19 heavy (non-hydrogen) atoms. The zero-order valence-electron chi connectivity index (χ0n) is 9.45. The average molecular weight is 267 g/mol. The Bertz CT molecular complexity index is 623. The van der Waals surface area contributed by atoms with E-state index in [1.165, 1.54) is 18.3 Å². The van der Waals surface area contributed by atoms with E-state index in [1.807, 2.05) is 5.32 Å². The molecule has 0 saturated heterocycles. The number of carbonyl (C=O) groups excluding carboxylic acids is 1. The molecule has 7 heteroatoms. The molecule has 0 saturated carbocycles. The zero-order chi connectivity index (χ0) is 14.0. The van der Waals surface area contributed by atoms with Gasteiger partial charge in [0.05, 0.1) is 5.56 Å². The standard InChI is InChI=1S/C12H8F3N3O/c13-6-4-8(14)10(9(15)5-6)18-12(19)7-2-1-3-17-11(7)16/h1-5H,(H2,16,17)(H,18,19). The number of amides is 1. The summed E-state index contributed by atoms with van der Waals surface area (Å²) in [4.78, 5) is 15.4. The number of nitrogens with zero attached hydrogens (tertiary/aromatic N) is 1. The van der Waals surface area contributed by atoms with E-state index in [9.17, 15) is 18.0 Å². The monoisotopic (exact) mass is 267 g/mol. The van der Waals surface area contributed by atoms with E-state index in [1.54, 1.807) is 0 Å². The van der Waals surface area contributed by atoms with E-state index < -0.39 is 29.0 Å². The summed E-state index contributed by atoms with van der Waals surface area (Å²) in [6, 6.07) is 3.72. The first kappa shape index (κ1) is 12.9. The molecule has 2 aromatic rings. The van der Waals surface area contributed by atoms with Gasteiger partial charge in [0.1, 0.15) is 17.3 Å². The molecule has 2 rings (SSSR count).